The number of amides is 1. The summed E-state index contributed by atoms with van der Waals surface area (Å²) in [5.41, 5.74) is 2.71. The lowest BCUT2D eigenvalue weighted by Crippen LogP contribution is -2.40. The summed E-state index contributed by atoms with van der Waals surface area (Å²) >= 11 is 0. The van der Waals surface area contributed by atoms with Gasteiger partial charge >= 0.3 is 0 Å². The second-order valence-corrected chi connectivity index (χ2v) is 7.49. The van der Waals surface area contributed by atoms with Crippen molar-refractivity contribution in [1.29, 1.82) is 0 Å². The lowest BCUT2D eigenvalue weighted by molar-refractivity contribution is 0.0582. The van der Waals surface area contributed by atoms with Gasteiger partial charge in [-0.2, -0.15) is 0 Å². The van der Waals surface area contributed by atoms with Crippen LogP contribution in [0.1, 0.15) is 16.8 Å². The van der Waals surface area contributed by atoms with Crippen LogP contribution in [0.25, 0.3) is 21.8 Å². The zero-order chi connectivity index (χ0) is 20.9. The summed E-state index contributed by atoms with van der Waals surface area (Å²) in [5, 5.41) is 22.5. The number of fused-ring (bicyclic) bond motifs is 3. The van der Waals surface area contributed by atoms with E-state index in [1.807, 2.05) is 42.5 Å². The van der Waals surface area contributed by atoms with Crippen LogP contribution in [-0.2, 0) is 6.54 Å². The molecule has 4 aromatic rings. The highest BCUT2D eigenvalue weighted by molar-refractivity contribution is 6.07. The van der Waals surface area contributed by atoms with Crippen molar-refractivity contribution in [3.63, 3.8) is 0 Å². The van der Waals surface area contributed by atoms with Crippen molar-refractivity contribution in [3.05, 3.63) is 84.4 Å². The van der Waals surface area contributed by atoms with E-state index in [9.17, 15) is 15.0 Å². The number of para-hydroxylation sites is 2. The summed E-state index contributed by atoms with van der Waals surface area (Å²) in [6, 6.07) is 25.4. The zero-order valence-electron chi connectivity index (χ0n) is 16.8. The first kappa shape index (κ1) is 20.1. The summed E-state index contributed by atoms with van der Waals surface area (Å²) in [6.45, 7) is 0.982. The van der Waals surface area contributed by atoms with Gasteiger partial charge in [-0.3, -0.25) is 4.79 Å². The molecule has 2 N–H and O–H groups in total. The summed E-state index contributed by atoms with van der Waals surface area (Å²) in [7, 11) is 0. The van der Waals surface area contributed by atoms with E-state index in [0.29, 0.717) is 25.1 Å². The van der Waals surface area contributed by atoms with Crippen molar-refractivity contribution >= 4 is 27.7 Å². The minimum absolute atomic E-state index is 0.00153. The summed E-state index contributed by atoms with van der Waals surface area (Å²) in [4.78, 5) is 14.6. The van der Waals surface area contributed by atoms with E-state index in [1.165, 1.54) is 0 Å². The molecule has 5 nitrogen and oxygen atoms in total. The van der Waals surface area contributed by atoms with E-state index in [1.54, 1.807) is 17.0 Å². The molecule has 1 heterocycles. The molecular formula is C25H26N2O3. The third-order valence-electron chi connectivity index (χ3n) is 5.40. The minimum atomic E-state index is -0.740. The molecule has 4 rings (SSSR count). The molecule has 0 aliphatic heterocycles. The molecule has 0 saturated carbocycles. The van der Waals surface area contributed by atoms with Gasteiger partial charge in [0.1, 0.15) is 0 Å². The predicted molar refractivity (Wildman–Crippen MR) is 119 cm³/mol. The molecule has 154 valence electrons. The Hall–Kier alpha value is -3.15. The van der Waals surface area contributed by atoms with Crippen LogP contribution in [0.2, 0.25) is 0 Å². The number of carbonyl (C=O) groups excluding carboxylic acids is 1. The lowest BCUT2D eigenvalue weighted by Gasteiger charge is -2.26. The normalized spacial score (nSPS) is 12.3. The van der Waals surface area contributed by atoms with Gasteiger partial charge in [0.15, 0.2) is 0 Å². The highest BCUT2D eigenvalue weighted by atomic mass is 16.3. The maximum Gasteiger partial charge on any atom is 0.253 e. The number of aromatic nitrogens is 1. The molecule has 3 aromatic carbocycles. The molecule has 1 aromatic heterocycles. The van der Waals surface area contributed by atoms with Gasteiger partial charge in [-0.1, -0.05) is 54.6 Å². The second-order valence-electron chi connectivity index (χ2n) is 7.49. The van der Waals surface area contributed by atoms with Gasteiger partial charge in [-0.05, 0) is 30.7 Å². The van der Waals surface area contributed by atoms with Gasteiger partial charge in [0.05, 0.1) is 12.6 Å². The lowest BCUT2D eigenvalue weighted by atomic mass is 10.1. The van der Waals surface area contributed by atoms with Crippen LogP contribution in [-0.4, -0.2) is 51.4 Å². The molecule has 0 radical (unpaired) electrons. The van der Waals surface area contributed by atoms with Crippen LogP contribution in [0.4, 0.5) is 0 Å². The van der Waals surface area contributed by atoms with Gasteiger partial charge in [0, 0.05) is 47.1 Å². The topological polar surface area (TPSA) is 65.7 Å². The van der Waals surface area contributed by atoms with E-state index in [0.717, 1.165) is 21.8 Å². The number of hydrogen-bond donors (Lipinski definition) is 2. The zero-order valence-corrected chi connectivity index (χ0v) is 16.8. The molecule has 0 aliphatic carbocycles. The molecule has 0 aliphatic rings. The predicted octanol–water partition coefficient (Wildman–Crippen LogP) is 3.68. The van der Waals surface area contributed by atoms with E-state index in [-0.39, 0.29) is 19.1 Å². The number of rotatable bonds is 8. The largest absolute Gasteiger partial charge is 0.396 e. The van der Waals surface area contributed by atoms with Crippen LogP contribution < -0.4 is 0 Å². The Bertz CT molecular complexity index is 1080. The second kappa shape index (κ2) is 9.11. The Morgan fingerprint density at radius 1 is 0.867 bits per heavy atom. The number of benzene rings is 3. The molecule has 1 atom stereocenters. The Balaban J connectivity index is 1.59. The van der Waals surface area contributed by atoms with Gasteiger partial charge in [-0.25, -0.2) is 0 Å². The van der Waals surface area contributed by atoms with E-state index in [4.69, 9.17) is 0 Å². The molecule has 0 fully saturated rings. The van der Waals surface area contributed by atoms with E-state index < -0.39 is 6.10 Å². The fourth-order valence-corrected chi connectivity index (χ4v) is 4.02. The van der Waals surface area contributed by atoms with Crippen LogP contribution in [0.15, 0.2) is 78.9 Å². The van der Waals surface area contributed by atoms with Gasteiger partial charge in [-0.15, -0.1) is 0 Å². The van der Waals surface area contributed by atoms with Crippen molar-refractivity contribution in [2.45, 2.75) is 19.1 Å². The van der Waals surface area contributed by atoms with Crippen molar-refractivity contribution in [3.8, 4) is 0 Å². The summed E-state index contributed by atoms with van der Waals surface area (Å²) in [5.74, 6) is -0.134. The Labute approximate surface area is 175 Å². The Kier molecular flexibility index (Phi) is 6.12. The van der Waals surface area contributed by atoms with Gasteiger partial charge < -0.3 is 19.7 Å². The number of aliphatic hydroxyl groups is 2. The molecule has 0 unspecified atom stereocenters. The number of aliphatic hydroxyl groups excluding tert-OH is 2. The van der Waals surface area contributed by atoms with E-state index in [2.05, 4.69) is 28.8 Å². The van der Waals surface area contributed by atoms with Crippen molar-refractivity contribution < 1.29 is 15.0 Å². The molecule has 0 saturated heterocycles. The fourth-order valence-electron chi connectivity index (χ4n) is 4.02. The standard InChI is InChI=1S/C25H26N2O3/c28-16-8-15-26(25(30)19-9-2-1-3-10-19)17-20(29)18-27-23-13-6-4-11-21(23)22-12-5-7-14-24(22)27/h1-7,9-14,20,28-29H,8,15-18H2/t20-/m1/s1. The average Bonchev–Trinajstić information content (AvgIpc) is 3.10. The number of hydrogen-bond acceptors (Lipinski definition) is 3. The first-order valence-electron chi connectivity index (χ1n) is 10.3. The fraction of sp³-hybridized carbons (Fsp3) is 0.240. The molecule has 1 amide bonds. The SMILES string of the molecule is O=C(c1ccccc1)N(CCCO)C[C@@H](O)Cn1c2ccccc2c2ccccc21. The van der Waals surface area contributed by atoms with Crippen LogP contribution >= 0.6 is 0 Å². The molecule has 30 heavy (non-hydrogen) atoms. The third-order valence-corrected chi connectivity index (χ3v) is 5.40. The van der Waals surface area contributed by atoms with Gasteiger partial charge in [0.25, 0.3) is 5.91 Å². The summed E-state index contributed by atoms with van der Waals surface area (Å²) < 4.78 is 2.12. The Morgan fingerprint density at radius 3 is 2.03 bits per heavy atom. The van der Waals surface area contributed by atoms with Crippen LogP contribution in [0, 0.1) is 0 Å². The average molecular weight is 402 g/mol. The highest BCUT2D eigenvalue weighted by Gasteiger charge is 2.20. The Morgan fingerprint density at radius 2 is 1.43 bits per heavy atom. The van der Waals surface area contributed by atoms with Crippen molar-refractivity contribution in [2.24, 2.45) is 0 Å². The van der Waals surface area contributed by atoms with Crippen LogP contribution in [0.5, 0.6) is 0 Å². The first-order valence-corrected chi connectivity index (χ1v) is 10.3. The van der Waals surface area contributed by atoms with Crippen molar-refractivity contribution in [2.75, 3.05) is 19.7 Å². The number of nitrogens with zero attached hydrogens (tertiary/aromatic N) is 2. The molecular weight excluding hydrogens is 376 g/mol. The first-order chi connectivity index (χ1) is 14.7. The molecule has 0 bridgehead atoms. The smallest absolute Gasteiger partial charge is 0.253 e. The van der Waals surface area contributed by atoms with E-state index >= 15 is 0 Å². The van der Waals surface area contributed by atoms with Crippen LogP contribution in [0.3, 0.4) is 0 Å². The van der Waals surface area contributed by atoms with Crippen molar-refractivity contribution in [1.82, 2.24) is 9.47 Å². The third kappa shape index (κ3) is 4.08. The maximum atomic E-state index is 12.9. The van der Waals surface area contributed by atoms with Gasteiger partial charge in [0.2, 0.25) is 0 Å². The molecule has 0 spiro atoms. The summed E-state index contributed by atoms with van der Waals surface area (Å²) in [6.07, 6.45) is -0.267. The highest BCUT2D eigenvalue weighted by Crippen LogP contribution is 2.29. The maximum absolute atomic E-state index is 12.9. The monoisotopic (exact) mass is 402 g/mol. The number of carbonyl (C=O) groups is 1. The molecule has 5 heteroatoms. The quantitative estimate of drug-likeness (QED) is 0.473. The minimum Gasteiger partial charge on any atom is -0.396 e.